The van der Waals surface area contributed by atoms with Crippen LogP contribution in [0.25, 0.3) is 0 Å². The zero-order valence-electron chi connectivity index (χ0n) is 40.4. The number of Topliss-reactive ketones (excluding diaryl/α,β-unsaturated/α-hetero) is 1. The van der Waals surface area contributed by atoms with Crippen molar-refractivity contribution in [2.24, 2.45) is 16.7 Å². The second kappa shape index (κ2) is 20.3. The molecule has 0 aromatic heterocycles. The average molecular weight is 974 g/mol. The Kier molecular flexibility index (Phi) is 14.5. The number of fused-ring (bicyclic) bond motifs is 5. The van der Waals surface area contributed by atoms with Crippen molar-refractivity contribution in [1.82, 2.24) is 5.32 Å². The molecule has 1 amide bonds. The number of hydrogen-bond donors (Lipinski definition) is 3. The number of amides is 1. The van der Waals surface area contributed by atoms with Crippen LogP contribution in [0.4, 0.5) is 0 Å². The number of aliphatic hydroxyl groups is 2. The van der Waals surface area contributed by atoms with Crippen molar-refractivity contribution in [2.75, 3.05) is 13.4 Å². The van der Waals surface area contributed by atoms with E-state index in [0.29, 0.717) is 11.1 Å². The molecular formula is C55H59NO15. The molecule has 16 nitrogen and oxygen atoms in total. The van der Waals surface area contributed by atoms with Crippen molar-refractivity contribution < 1.29 is 72.1 Å². The van der Waals surface area contributed by atoms with Gasteiger partial charge in [0.1, 0.15) is 30.7 Å². The maximum absolute atomic E-state index is 15.7. The first kappa shape index (κ1) is 50.8. The summed E-state index contributed by atoms with van der Waals surface area (Å²) in [7, 11) is 0. The topological polar surface area (TPSA) is 220 Å². The maximum atomic E-state index is 15.7. The number of nitrogens with one attached hydrogen (secondary N) is 1. The zero-order chi connectivity index (χ0) is 50.9. The lowest BCUT2D eigenvalue weighted by Crippen LogP contribution is -2.82. The first-order chi connectivity index (χ1) is 33.8. The van der Waals surface area contributed by atoms with Gasteiger partial charge in [0.15, 0.2) is 23.6 Å². The Bertz CT molecular complexity index is 2660. The van der Waals surface area contributed by atoms with E-state index in [4.69, 9.17) is 33.2 Å². The molecule has 4 aliphatic rings. The standard InChI is InChI=1S/C55H59NO15/c1-32-39(69-51(63)45(67-31-65-29-35-19-11-7-12-20-35)43(36-21-13-8-14-22-36)56-49(61)37-23-15-9-16-24-37)28-55(64)48(70-50(62)38-25-17-10-18-26-38)46-53(6,40(59)27-41-54(46,30-66-41)71-34(3)58)47(60)44(68-33(2)57)42(32)52(55,4)5/h7-26,39-41,43-46,48,59,64H,27-31H2,1-6H3,(H,56,61)/t39-,40-,41+,43-,44+,45-,46?,48-,53+,54-,55+/m0/s1. The van der Waals surface area contributed by atoms with Crippen molar-refractivity contribution in [3.8, 4) is 0 Å². The summed E-state index contributed by atoms with van der Waals surface area (Å²) in [6.45, 7) is 7.79. The summed E-state index contributed by atoms with van der Waals surface area (Å²) >= 11 is 0. The molecule has 2 saturated carbocycles. The number of carbonyl (C=O) groups is 6. The van der Waals surface area contributed by atoms with Crippen LogP contribution in [0.15, 0.2) is 132 Å². The van der Waals surface area contributed by atoms with Gasteiger partial charge in [0.05, 0.1) is 42.3 Å². The van der Waals surface area contributed by atoms with Gasteiger partial charge in [-0.05, 0) is 60.4 Å². The third kappa shape index (κ3) is 9.42. The smallest absolute Gasteiger partial charge is 0.338 e. The highest BCUT2D eigenvalue weighted by Gasteiger charge is 2.78. The van der Waals surface area contributed by atoms with Crippen LogP contribution >= 0.6 is 0 Å². The molecule has 4 aromatic rings. The summed E-state index contributed by atoms with van der Waals surface area (Å²) in [6, 6.07) is 33.0. The summed E-state index contributed by atoms with van der Waals surface area (Å²) < 4.78 is 43.2. The number of carbonyl (C=O) groups excluding carboxylic acids is 6. The number of aliphatic hydroxyl groups excluding tert-OH is 1. The van der Waals surface area contributed by atoms with Crippen LogP contribution in [0.1, 0.15) is 92.3 Å². The third-order valence-electron chi connectivity index (χ3n) is 14.9. The van der Waals surface area contributed by atoms with Crippen LogP contribution in [-0.4, -0.2) is 107 Å². The summed E-state index contributed by atoms with van der Waals surface area (Å²) in [5.74, 6) is -6.56. The summed E-state index contributed by atoms with van der Waals surface area (Å²) in [6.07, 6.45) is -10.1. The van der Waals surface area contributed by atoms with Gasteiger partial charge >= 0.3 is 23.9 Å². The second-order valence-corrected chi connectivity index (χ2v) is 19.4. The number of benzene rings is 4. The Balaban J connectivity index is 1.27. The van der Waals surface area contributed by atoms with Gasteiger partial charge in [-0.2, -0.15) is 0 Å². The normalized spacial score (nSPS) is 29.3. The van der Waals surface area contributed by atoms with E-state index in [9.17, 15) is 29.4 Å². The number of rotatable bonds is 15. The van der Waals surface area contributed by atoms with Crippen LogP contribution in [-0.2, 0) is 58.9 Å². The fraction of sp³-hybridized carbons (Fsp3) is 0.418. The van der Waals surface area contributed by atoms with Gasteiger partial charge in [0.2, 0.25) is 0 Å². The van der Waals surface area contributed by atoms with E-state index in [1.54, 1.807) is 99.6 Å². The van der Waals surface area contributed by atoms with Gasteiger partial charge in [-0.25, -0.2) is 9.59 Å². The molecule has 0 radical (unpaired) electrons. The van der Waals surface area contributed by atoms with Gasteiger partial charge in [-0.1, -0.05) is 111 Å². The van der Waals surface area contributed by atoms with E-state index in [-0.39, 0.29) is 36.3 Å². The molecule has 3 fully saturated rings. The predicted octanol–water partition coefficient (Wildman–Crippen LogP) is 5.93. The van der Waals surface area contributed by atoms with Gasteiger partial charge in [-0.3, -0.25) is 19.2 Å². The molecule has 11 atom stereocenters. The Morgan fingerprint density at radius 1 is 0.789 bits per heavy atom. The van der Waals surface area contributed by atoms with E-state index >= 15 is 9.59 Å². The molecular weight excluding hydrogens is 915 g/mol. The van der Waals surface area contributed by atoms with Crippen LogP contribution in [0, 0.1) is 16.7 Å². The van der Waals surface area contributed by atoms with E-state index < -0.39 is 119 Å². The largest absolute Gasteiger partial charge is 0.456 e. The fourth-order valence-corrected chi connectivity index (χ4v) is 11.2. The summed E-state index contributed by atoms with van der Waals surface area (Å²) in [5, 5.41) is 29.1. The molecule has 3 N–H and O–H groups in total. The zero-order valence-corrected chi connectivity index (χ0v) is 40.4. The SMILES string of the molecule is CC(=O)O[C@H]1C(=O)[C@@]2(C)C([C@H](OC(=O)c3ccccc3)[C@]3(O)C[C@H](OC(=O)[C@@H](OCOCc4ccccc4)[C@@H](NC(=O)c4ccccc4)c4ccccc4)C(C)=C1C3(C)C)[C@]1(OC(C)=O)CO[C@@H]1C[C@@H]2O. The quantitative estimate of drug-likeness (QED) is 0.0413. The number of ether oxygens (including phenoxy) is 7. The molecule has 0 spiro atoms. The van der Waals surface area contributed by atoms with Crippen molar-refractivity contribution in [1.29, 1.82) is 0 Å². The molecule has 1 heterocycles. The first-order valence-electron chi connectivity index (χ1n) is 23.6. The molecule has 16 heteroatoms. The Morgan fingerprint density at radius 3 is 1.96 bits per heavy atom. The monoisotopic (exact) mass is 973 g/mol. The average Bonchev–Trinajstić information content (AvgIpc) is 3.35. The van der Waals surface area contributed by atoms with Crippen molar-refractivity contribution in [3.63, 3.8) is 0 Å². The van der Waals surface area contributed by atoms with Crippen molar-refractivity contribution in [2.45, 2.75) is 115 Å². The van der Waals surface area contributed by atoms with Gasteiger partial charge in [0, 0.05) is 37.7 Å². The molecule has 8 rings (SSSR count). The molecule has 4 aromatic carbocycles. The molecule has 3 aliphatic carbocycles. The summed E-state index contributed by atoms with van der Waals surface area (Å²) in [5.41, 5.74) is -6.05. The Labute approximate surface area is 411 Å². The predicted molar refractivity (Wildman–Crippen MR) is 253 cm³/mol. The lowest BCUT2D eigenvalue weighted by molar-refractivity contribution is -0.346. The summed E-state index contributed by atoms with van der Waals surface area (Å²) in [4.78, 5) is 85.8. The molecule has 2 bridgehead atoms. The fourth-order valence-electron chi connectivity index (χ4n) is 11.2. The number of ketones is 1. The Morgan fingerprint density at radius 2 is 1.38 bits per heavy atom. The van der Waals surface area contributed by atoms with Crippen LogP contribution in [0.2, 0.25) is 0 Å². The second-order valence-electron chi connectivity index (χ2n) is 19.4. The first-order valence-corrected chi connectivity index (χ1v) is 23.6. The van der Waals surface area contributed by atoms with Crippen LogP contribution in [0.5, 0.6) is 0 Å². The van der Waals surface area contributed by atoms with E-state index in [1.165, 1.54) is 26.0 Å². The van der Waals surface area contributed by atoms with Crippen molar-refractivity contribution in [3.05, 3.63) is 155 Å². The Hall–Kier alpha value is -6.56. The molecule has 1 aliphatic heterocycles. The molecule has 1 unspecified atom stereocenters. The lowest BCUT2D eigenvalue weighted by atomic mass is 9.44. The van der Waals surface area contributed by atoms with Gasteiger partial charge < -0.3 is 48.7 Å². The minimum Gasteiger partial charge on any atom is -0.456 e. The molecule has 1 saturated heterocycles. The third-order valence-corrected chi connectivity index (χ3v) is 14.9. The number of hydrogen-bond acceptors (Lipinski definition) is 15. The minimum absolute atomic E-state index is 0.0195. The van der Waals surface area contributed by atoms with E-state index in [0.717, 1.165) is 12.5 Å². The van der Waals surface area contributed by atoms with Crippen LogP contribution < -0.4 is 5.32 Å². The highest BCUT2D eigenvalue weighted by molar-refractivity contribution is 5.96. The van der Waals surface area contributed by atoms with Gasteiger partial charge in [-0.15, -0.1) is 0 Å². The minimum atomic E-state index is -2.40. The highest BCUT2D eigenvalue weighted by atomic mass is 16.7. The number of esters is 4. The van der Waals surface area contributed by atoms with E-state index in [2.05, 4.69) is 5.32 Å². The van der Waals surface area contributed by atoms with Gasteiger partial charge in [0.25, 0.3) is 5.91 Å². The highest BCUT2D eigenvalue weighted by Crippen LogP contribution is 2.64. The van der Waals surface area contributed by atoms with Crippen molar-refractivity contribution >= 4 is 35.6 Å². The molecule has 374 valence electrons. The lowest BCUT2D eigenvalue weighted by Gasteiger charge is -2.67. The molecule has 71 heavy (non-hydrogen) atoms. The maximum Gasteiger partial charge on any atom is 0.338 e. The van der Waals surface area contributed by atoms with Crippen LogP contribution in [0.3, 0.4) is 0 Å². The van der Waals surface area contributed by atoms with E-state index in [1.807, 2.05) is 30.3 Å².